The molecule has 0 unspecified atom stereocenters. The van der Waals surface area contributed by atoms with Crippen molar-refractivity contribution in [3.05, 3.63) is 89.2 Å². The van der Waals surface area contributed by atoms with E-state index in [-0.39, 0.29) is 16.6 Å². The Hall–Kier alpha value is -3.65. The largest absolute Gasteiger partial charge is 0.379 e. The number of hydrogen-bond acceptors (Lipinski definition) is 5. The van der Waals surface area contributed by atoms with Crippen molar-refractivity contribution in [3.8, 4) is 5.75 Å². The van der Waals surface area contributed by atoms with Gasteiger partial charge in [0, 0.05) is 18.5 Å². The van der Waals surface area contributed by atoms with Gasteiger partial charge in [0.25, 0.3) is 5.91 Å². The summed E-state index contributed by atoms with van der Waals surface area (Å²) in [4.78, 5) is 20.2. The summed E-state index contributed by atoms with van der Waals surface area (Å²) >= 11 is 0. The molecule has 164 valence electrons. The van der Waals surface area contributed by atoms with E-state index in [0.717, 1.165) is 22.4 Å². The molecule has 1 heterocycles. The van der Waals surface area contributed by atoms with Gasteiger partial charge in [0.05, 0.1) is 11.0 Å². The van der Waals surface area contributed by atoms with Crippen molar-refractivity contribution in [1.29, 1.82) is 0 Å². The molecule has 4 rings (SSSR count). The van der Waals surface area contributed by atoms with Crippen LogP contribution in [-0.4, -0.2) is 30.8 Å². The van der Waals surface area contributed by atoms with Gasteiger partial charge < -0.3 is 14.5 Å². The maximum Gasteiger partial charge on any atom is 0.339 e. The van der Waals surface area contributed by atoms with Crippen molar-refractivity contribution in [2.45, 2.75) is 25.2 Å². The number of hydrogen-bond donors (Lipinski definition) is 2. The number of imidazole rings is 1. The second-order valence-electron chi connectivity index (χ2n) is 7.54. The highest BCUT2D eigenvalue weighted by atomic mass is 32.2. The summed E-state index contributed by atoms with van der Waals surface area (Å²) in [6.45, 7) is 3.95. The number of carbonyl (C=O) groups is 1. The zero-order valence-corrected chi connectivity index (χ0v) is 18.6. The molecule has 0 atom stereocenters. The lowest BCUT2D eigenvalue weighted by atomic mass is 10.2. The Morgan fingerprint density at radius 2 is 1.78 bits per heavy atom. The molecule has 0 aliphatic carbocycles. The molecule has 8 heteroatoms. The lowest BCUT2D eigenvalue weighted by Crippen LogP contribution is -2.25. The minimum atomic E-state index is -3.97. The molecular weight excluding hydrogens is 426 g/mol. The molecule has 32 heavy (non-hydrogen) atoms. The third kappa shape index (κ3) is 4.81. The summed E-state index contributed by atoms with van der Waals surface area (Å²) in [5.74, 6) is 0.682. The Morgan fingerprint density at radius 3 is 2.53 bits per heavy atom. The summed E-state index contributed by atoms with van der Waals surface area (Å²) < 4.78 is 30.5. The number of aromatic amines is 1. The number of carbonyl (C=O) groups excluding carboxylic acids is 1. The van der Waals surface area contributed by atoms with Crippen molar-refractivity contribution < 1.29 is 17.4 Å². The van der Waals surface area contributed by atoms with Crippen molar-refractivity contribution in [2.75, 3.05) is 6.54 Å². The molecule has 1 aromatic heterocycles. The number of aryl methyl sites for hydroxylation is 2. The average molecular weight is 450 g/mol. The van der Waals surface area contributed by atoms with Crippen LogP contribution < -0.4 is 9.50 Å². The van der Waals surface area contributed by atoms with E-state index in [0.29, 0.717) is 24.1 Å². The normalized spacial score (nSPS) is 11.4. The van der Waals surface area contributed by atoms with Gasteiger partial charge in [-0.15, -0.1) is 0 Å². The molecule has 0 bridgehead atoms. The number of para-hydroxylation sites is 2. The SMILES string of the molecule is Cc1ccc(C)c(S(=O)(=O)Oc2ccc(C(=O)NCCc3nc4ccccc4[nH]3)cc2)c1. The summed E-state index contributed by atoms with van der Waals surface area (Å²) in [6, 6.07) is 18.9. The van der Waals surface area contributed by atoms with Crippen molar-refractivity contribution in [3.63, 3.8) is 0 Å². The first-order valence-corrected chi connectivity index (χ1v) is 11.6. The van der Waals surface area contributed by atoms with Crippen LogP contribution in [0.2, 0.25) is 0 Å². The highest BCUT2D eigenvalue weighted by Gasteiger charge is 2.19. The van der Waals surface area contributed by atoms with Crippen molar-refractivity contribution in [1.82, 2.24) is 15.3 Å². The maximum absolute atomic E-state index is 12.6. The number of benzene rings is 3. The van der Waals surface area contributed by atoms with E-state index < -0.39 is 10.1 Å². The third-order valence-corrected chi connectivity index (χ3v) is 6.41. The molecule has 7 nitrogen and oxygen atoms in total. The van der Waals surface area contributed by atoms with E-state index in [1.165, 1.54) is 24.3 Å². The fraction of sp³-hybridized carbons (Fsp3) is 0.167. The van der Waals surface area contributed by atoms with Crippen LogP contribution in [0.15, 0.2) is 71.6 Å². The molecule has 0 aliphatic heterocycles. The van der Waals surface area contributed by atoms with Crippen LogP contribution in [0.1, 0.15) is 27.3 Å². The fourth-order valence-electron chi connectivity index (χ4n) is 3.33. The Morgan fingerprint density at radius 1 is 1.03 bits per heavy atom. The number of amides is 1. The van der Waals surface area contributed by atoms with Crippen molar-refractivity contribution in [2.24, 2.45) is 0 Å². The first-order valence-electron chi connectivity index (χ1n) is 10.2. The molecule has 0 spiro atoms. The third-order valence-electron chi connectivity index (χ3n) is 5.02. The summed E-state index contributed by atoms with van der Waals surface area (Å²) in [5.41, 5.74) is 3.69. The van der Waals surface area contributed by atoms with Crippen molar-refractivity contribution >= 4 is 27.1 Å². The second-order valence-corrected chi connectivity index (χ2v) is 9.05. The molecule has 4 aromatic rings. The van der Waals surface area contributed by atoms with Gasteiger partial charge in [0.2, 0.25) is 0 Å². The zero-order valence-electron chi connectivity index (χ0n) is 17.8. The van der Waals surface area contributed by atoms with Crippen LogP contribution >= 0.6 is 0 Å². The van der Waals surface area contributed by atoms with E-state index in [1.54, 1.807) is 19.1 Å². The molecule has 3 aromatic carbocycles. The van der Waals surface area contributed by atoms with E-state index in [4.69, 9.17) is 4.18 Å². The predicted molar refractivity (Wildman–Crippen MR) is 122 cm³/mol. The quantitative estimate of drug-likeness (QED) is 0.417. The molecule has 0 saturated heterocycles. The molecule has 2 N–H and O–H groups in total. The molecule has 0 saturated carbocycles. The molecule has 0 fully saturated rings. The zero-order chi connectivity index (χ0) is 22.7. The number of nitrogens with zero attached hydrogens (tertiary/aromatic N) is 1. The maximum atomic E-state index is 12.6. The van der Waals surface area contributed by atoms with Crippen LogP contribution in [-0.2, 0) is 16.5 Å². The lowest BCUT2D eigenvalue weighted by Gasteiger charge is -2.10. The van der Waals surface area contributed by atoms with Gasteiger partial charge in [0.1, 0.15) is 16.5 Å². The van der Waals surface area contributed by atoms with E-state index in [2.05, 4.69) is 15.3 Å². The lowest BCUT2D eigenvalue weighted by molar-refractivity contribution is 0.0954. The standard InChI is InChI=1S/C24H23N3O4S/c1-16-7-8-17(2)22(15-16)32(29,30)31-19-11-9-18(10-12-19)24(28)25-14-13-23-26-20-5-3-4-6-21(20)27-23/h3-12,15H,13-14H2,1-2H3,(H,25,28)(H,26,27). The molecule has 1 amide bonds. The van der Waals surface area contributed by atoms with Crippen LogP contribution in [0.3, 0.4) is 0 Å². The van der Waals surface area contributed by atoms with Gasteiger partial charge in [-0.2, -0.15) is 8.42 Å². The van der Waals surface area contributed by atoms with Gasteiger partial charge in [-0.3, -0.25) is 4.79 Å². The molecular formula is C24H23N3O4S. The number of aromatic nitrogens is 2. The fourth-order valence-corrected chi connectivity index (χ4v) is 4.58. The Balaban J connectivity index is 1.36. The number of H-pyrrole nitrogens is 1. The van der Waals surface area contributed by atoms with Crippen LogP contribution in [0.5, 0.6) is 5.75 Å². The van der Waals surface area contributed by atoms with Crippen LogP contribution in [0, 0.1) is 13.8 Å². The van der Waals surface area contributed by atoms with Crippen LogP contribution in [0.4, 0.5) is 0 Å². The second kappa shape index (κ2) is 8.84. The number of nitrogens with one attached hydrogen (secondary N) is 2. The van der Waals surface area contributed by atoms with E-state index in [1.807, 2.05) is 37.3 Å². The Kier molecular flexibility index (Phi) is 5.96. The topological polar surface area (TPSA) is 101 Å². The highest BCUT2D eigenvalue weighted by molar-refractivity contribution is 7.87. The first-order chi connectivity index (χ1) is 15.3. The summed E-state index contributed by atoms with van der Waals surface area (Å²) in [7, 11) is -3.97. The van der Waals surface area contributed by atoms with Gasteiger partial charge in [-0.05, 0) is 67.4 Å². The monoisotopic (exact) mass is 449 g/mol. The Bertz CT molecular complexity index is 1340. The van der Waals surface area contributed by atoms with Gasteiger partial charge >= 0.3 is 10.1 Å². The predicted octanol–water partition coefficient (Wildman–Crippen LogP) is 3.92. The molecule has 0 aliphatic rings. The minimum absolute atomic E-state index is 0.130. The summed E-state index contributed by atoms with van der Waals surface area (Å²) in [6.07, 6.45) is 0.565. The Labute approximate surface area is 186 Å². The molecule has 0 radical (unpaired) electrons. The minimum Gasteiger partial charge on any atom is -0.379 e. The smallest absolute Gasteiger partial charge is 0.339 e. The number of fused-ring (bicyclic) bond motifs is 1. The van der Waals surface area contributed by atoms with E-state index in [9.17, 15) is 13.2 Å². The van der Waals surface area contributed by atoms with E-state index >= 15 is 0 Å². The van der Waals surface area contributed by atoms with Gasteiger partial charge in [0.15, 0.2) is 0 Å². The highest BCUT2D eigenvalue weighted by Crippen LogP contribution is 2.22. The number of rotatable bonds is 7. The van der Waals surface area contributed by atoms with Gasteiger partial charge in [-0.25, -0.2) is 4.98 Å². The van der Waals surface area contributed by atoms with Gasteiger partial charge in [-0.1, -0.05) is 24.3 Å². The first kappa shape index (κ1) is 21.6. The summed E-state index contributed by atoms with van der Waals surface area (Å²) in [5, 5.41) is 2.84. The van der Waals surface area contributed by atoms with Crippen LogP contribution in [0.25, 0.3) is 11.0 Å². The average Bonchev–Trinajstić information content (AvgIpc) is 3.18.